The standard InChI is InChI=1S/C9H10N4O.ClH/c10-9(13-11)5-1-2-7-6(3-5)4-8(14)12-7;/h1-3H,4,11H2,(H2,10,13)(H,12,14);1H. The van der Waals surface area contributed by atoms with Crippen molar-refractivity contribution in [1.82, 2.24) is 0 Å². The summed E-state index contributed by atoms with van der Waals surface area (Å²) in [6.45, 7) is 0. The molecule has 0 saturated carbocycles. The Morgan fingerprint density at radius 1 is 1.47 bits per heavy atom. The number of fused-ring (bicyclic) bond motifs is 1. The molecule has 0 atom stereocenters. The van der Waals surface area contributed by atoms with Gasteiger partial charge in [-0.05, 0) is 23.8 Å². The fourth-order valence-electron chi connectivity index (χ4n) is 1.46. The van der Waals surface area contributed by atoms with E-state index in [0.717, 1.165) is 16.8 Å². The summed E-state index contributed by atoms with van der Waals surface area (Å²) in [6, 6.07) is 5.39. The maximum absolute atomic E-state index is 11.1. The molecule has 80 valence electrons. The first-order chi connectivity index (χ1) is 6.70. The molecular formula is C9H11ClN4O. The van der Waals surface area contributed by atoms with Gasteiger partial charge in [0.25, 0.3) is 0 Å². The first-order valence-corrected chi connectivity index (χ1v) is 4.17. The summed E-state index contributed by atoms with van der Waals surface area (Å²) in [5, 5.41) is 6.12. The minimum atomic E-state index is 0. The van der Waals surface area contributed by atoms with Gasteiger partial charge in [-0.25, -0.2) is 0 Å². The lowest BCUT2D eigenvalue weighted by atomic mass is 10.1. The summed E-state index contributed by atoms with van der Waals surface area (Å²) in [4.78, 5) is 11.1. The third kappa shape index (κ3) is 2.02. The van der Waals surface area contributed by atoms with E-state index >= 15 is 0 Å². The predicted molar refractivity (Wildman–Crippen MR) is 60.9 cm³/mol. The van der Waals surface area contributed by atoms with Gasteiger partial charge in [0.1, 0.15) is 5.84 Å². The van der Waals surface area contributed by atoms with E-state index in [0.29, 0.717) is 6.42 Å². The fraction of sp³-hybridized carbons (Fsp3) is 0.111. The van der Waals surface area contributed by atoms with Gasteiger partial charge in [0, 0.05) is 11.3 Å². The van der Waals surface area contributed by atoms with Crippen molar-refractivity contribution in [2.75, 3.05) is 5.32 Å². The van der Waals surface area contributed by atoms with Crippen molar-refractivity contribution < 1.29 is 4.79 Å². The second kappa shape index (κ2) is 4.18. The largest absolute Gasteiger partial charge is 0.382 e. The van der Waals surface area contributed by atoms with Crippen molar-refractivity contribution in [3.05, 3.63) is 29.3 Å². The maximum atomic E-state index is 11.1. The summed E-state index contributed by atoms with van der Waals surface area (Å²) in [5.74, 6) is 5.33. The number of hydrogen-bond donors (Lipinski definition) is 3. The molecule has 1 aromatic carbocycles. The molecule has 0 unspecified atom stereocenters. The lowest BCUT2D eigenvalue weighted by Crippen LogP contribution is -2.15. The van der Waals surface area contributed by atoms with Crippen LogP contribution in [0.3, 0.4) is 0 Å². The van der Waals surface area contributed by atoms with Gasteiger partial charge in [-0.2, -0.15) is 5.10 Å². The number of amidine groups is 1. The van der Waals surface area contributed by atoms with Crippen LogP contribution in [0.25, 0.3) is 0 Å². The van der Waals surface area contributed by atoms with Gasteiger partial charge in [-0.1, -0.05) is 0 Å². The number of nitrogens with two attached hydrogens (primary N) is 2. The summed E-state index contributed by atoms with van der Waals surface area (Å²) >= 11 is 0. The Hall–Kier alpha value is -1.75. The minimum Gasteiger partial charge on any atom is -0.382 e. The van der Waals surface area contributed by atoms with Gasteiger partial charge < -0.3 is 16.9 Å². The van der Waals surface area contributed by atoms with Crippen LogP contribution in [0, 0.1) is 0 Å². The van der Waals surface area contributed by atoms with Crippen molar-refractivity contribution in [1.29, 1.82) is 0 Å². The van der Waals surface area contributed by atoms with E-state index in [2.05, 4.69) is 10.4 Å². The molecule has 0 aliphatic carbocycles. The third-order valence-corrected chi connectivity index (χ3v) is 2.17. The van der Waals surface area contributed by atoms with Gasteiger partial charge in [0.05, 0.1) is 6.42 Å². The van der Waals surface area contributed by atoms with Gasteiger partial charge >= 0.3 is 0 Å². The zero-order chi connectivity index (χ0) is 10.1. The number of amides is 1. The van der Waals surface area contributed by atoms with Crippen LogP contribution in [0.1, 0.15) is 11.1 Å². The summed E-state index contributed by atoms with van der Waals surface area (Å²) in [5.41, 5.74) is 8.05. The Balaban J connectivity index is 0.00000112. The summed E-state index contributed by atoms with van der Waals surface area (Å²) in [6.07, 6.45) is 0.390. The van der Waals surface area contributed by atoms with Crippen LogP contribution in [0.2, 0.25) is 0 Å². The van der Waals surface area contributed by atoms with Crippen LogP contribution in [0.4, 0.5) is 5.69 Å². The molecule has 2 rings (SSSR count). The molecule has 6 heteroatoms. The summed E-state index contributed by atoms with van der Waals surface area (Å²) < 4.78 is 0. The average Bonchev–Trinajstić information content (AvgIpc) is 2.55. The number of halogens is 1. The van der Waals surface area contributed by atoms with Crippen LogP contribution < -0.4 is 16.9 Å². The zero-order valence-corrected chi connectivity index (χ0v) is 8.67. The number of nitrogens with zero attached hydrogens (tertiary/aromatic N) is 1. The van der Waals surface area contributed by atoms with Crippen molar-refractivity contribution in [3.8, 4) is 0 Å². The fourth-order valence-corrected chi connectivity index (χ4v) is 1.46. The van der Waals surface area contributed by atoms with Gasteiger partial charge in [-0.15, -0.1) is 12.4 Å². The SMILES string of the molecule is Cl.NN=C(N)c1ccc2c(c1)CC(=O)N2. The molecule has 1 aliphatic rings. The molecule has 0 spiro atoms. The summed E-state index contributed by atoms with van der Waals surface area (Å²) in [7, 11) is 0. The normalized spacial score (nSPS) is 14.1. The van der Waals surface area contributed by atoms with Gasteiger partial charge in [-0.3, -0.25) is 4.79 Å². The number of carbonyl (C=O) groups is 1. The number of anilines is 1. The second-order valence-corrected chi connectivity index (χ2v) is 3.11. The predicted octanol–water partition coefficient (Wildman–Crippen LogP) is 0.182. The number of hydrogen-bond acceptors (Lipinski definition) is 3. The number of rotatable bonds is 1. The first-order valence-electron chi connectivity index (χ1n) is 4.17. The topological polar surface area (TPSA) is 93.5 Å². The third-order valence-electron chi connectivity index (χ3n) is 2.17. The molecule has 15 heavy (non-hydrogen) atoms. The highest BCUT2D eigenvalue weighted by Gasteiger charge is 2.17. The number of benzene rings is 1. The van der Waals surface area contributed by atoms with E-state index in [1.54, 1.807) is 12.1 Å². The molecule has 1 aromatic rings. The highest BCUT2D eigenvalue weighted by Crippen LogP contribution is 2.23. The number of hydrazone groups is 1. The molecule has 0 saturated heterocycles. The molecule has 1 aliphatic heterocycles. The molecular weight excluding hydrogens is 216 g/mol. The van der Waals surface area contributed by atoms with Crippen LogP contribution >= 0.6 is 12.4 Å². The molecule has 5 N–H and O–H groups in total. The Morgan fingerprint density at radius 3 is 2.87 bits per heavy atom. The average molecular weight is 227 g/mol. The van der Waals surface area contributed by atoms with E-state index < -0.39 is 0 Å². The van der Waals surface area contributed by atoms with E-state index in [1.807, 2.05) is 6.07 Å². The molecule has 0 radical (unpaired) electrons. The second-order valence-electron chi connectivity index (χ2n) is 3.11. The number of carbonyl (C=O) groups excluding carboxylic acids is 1. The van der Waals surface area contributed by atoms with E-state index in [1.165, 1.54) is 0 Å². The van der Waals surface area contributed by atoms with Crippen molar-refractivity contribution in [2.24, 2.45) is 16.7 Å². The molecule has 0 aromatic heterocycles. The van der Waals surface area contributed by atoms with Crippen LogP contribution in [0.15, 0.2) is 23.3 Å². The lowest BCUT2D eigenvalue weighted by Gasteiger charge is -2.02. The molecule has 0 fully saturated rings. The zero-order valence-electron chi connectivity index (χ0n) is 7.86. The molecule has 1 heterocycles. The highest BCUT2D eigenvalue weighted by molar-refractivity contribution is 6.02. The quantitative estimate of drug-likeness (QED) is 0.276. The van der Waals surface area contributed by atoms with Crippen LogP contribution in [-0.2, 0) is 11.2 Å². The van der Waals surface area contributed by atoms with Crippen molar-refractivity contribution >= 4 is 29.8 Å². The van der Waals surface area contributed by atoms with E-state index in [4.69, 9.17) is 11.6 Å². The Bertz CT molecular complexity index is 430. The smallest absolute Gasteiger partial charge is 0.228 e. The lowest BCUT2D eigenvalue weighted by molar-refractivity contribution is -0.115. The number of nitrogens with one attached hydrogen (secondary N) is 1. The minimum absolute atomic E-state index is 0. The van der Waals surface area contributed by atoms with Crippen LogP contribution in [-0.4, -0.2) is 11.7 Å². The van der Waals surface area contributed by atoms with E-state index in [9.17, 15) is 4.79 Å². The van der Waals surface area contributed by atoms with Gasteiger partial charge in [0.2, 0.25) is 5.91 Å². The highest BCUT2D eigenvalue weighted by atomic mass is 35.5. The Kier molecular flexibility index (Phi) is 3.16. The monoisotopic (exact) mass is 226 g/mol. The Morgan fingerprint density at radius 2 is 2.20 bits per heavy atom. The maximum Gasteiger partial charge on any atom is 0.228 e. The van der Waals surface area contributed by atoms with Crippen molar-refractivity contribution in [2.45, 2.75) is 6.42 Å². The molecule has 1 amide bonds. The van der Waals surface area contributed by atoms with Crippen molar-refractivity contribution in [3.63, 3.8) is 0 Å². The van der Waals surface area contributed by atoms with Gasteiger partial charge in [0.15, 0.2) is 0 Å². The Labute approximate surface area is 92.9 Å². The molecule has 0 bridgehead atoms. The first kappa shape index (κ1) is 11.3. The van der Waals surface area contributed by atoms with E-state index in [-0.39, 0.29) is 24.1 Å². The molecule has 5 nitrogen and oxygen atoms in total. The van der Waals surface area contributed by atoms with Crippen LogP contribution in [0.5, 0.6) is 0 Å².